The molecule has 0 aliphatic rings. The van der Waals surface area contributed by atoms with E-state index in [1.807, 2.05) is 35.2 Å². The summed E-state index contributed by atoms with van der Waals surface area (Å²) in [6, 6.07) is 9.12. The van der Waals surface area contributed by atoms with Crippen LogP contribution in [0.3, 0.4) is 0 Å². The zero-order valence-electron chi connectivity index (χ0n) is 12.7. The van der Waals surface area contributed by atoms with Crippen molar-refractivity contribution in [3.8, 4) is 0 Å². The minimum absolute atomic E-state index is 0.0260. The first kappa shape index (κ1) is 16.7. The minimum atomic E-state index is -0.603. The third-order valence-corrected chi connectivity index (χ3v) is 3.63. The lowest BCUT2D eigenvalue weighted by Gasteiger charge is -2.32. The van der Waals surface area contributed by atoms with Crippen LogP contribution in [-0.4, -0.2) is 37.1 Å². The van der Waals surface area contributed by atoms with Gasteiger partial charge in [0.1, 0.15) is 6.04 Å². The fourth-order valence-electron chi connectivity index (χ4n) is 2.37. The molecule has 0 aromatic heterocycles. The van der Waals surface area contributed by atoms with Gasteiger partial charge in [-0.05, 0) is 18.4 Å². The molecule has 0 fully saturated rings. The van der Waals surface area contributed by atoms with E-state index >= 15 is 0 Å². The molecule has 0 saturated carbocycles. The Labute approximate surface area is 121 Å². The molecule has 1 rings (SSSR count). The maximum atomic E-state index is 12.7. The molecule has 4 heteroatoms. The summed E-state index contributed by atoms with van der Waals surface area (Å²) in [5, 5.41) is 0. The van der Waals surface area contributed by atoms with E-state index in [0.29, 0.717) is 13.2 Å². The fourth-order valence-corrected chi connectivity index (χ4v) is 2.37. The van der Waals surface area contributed by atoms with Crippen molar-refractivity contribution < 1.29 is 9.53 Å². The second kappa shape index (κ2) is 8.72. The Kier molecular flexibility index (Phi) is 7.26. The van der Waals surface area contributed by atoms with E-state index in [4.69, 9.17) is 10.5 Å². The lowest BCUT2D eigenvalue weighted by atomic mass is 10.0. The predicted octanol–water partition coefficient (Wildman–Crippen LogP) is 2.35. The number of hydrogen-bond acceptors (Lipinski definition) is 3. The first-order valence-corrected chi connectivity index (χ1v) is 7.25. The molecule has 1 amide bonds. The number of benzene rings is 1. The lowest BCUT2D eigenvalue weighted by molar-refractivity contribution is -0.136. The van der Waals surface area contributed by atoms with Crippen LogP contribution < -0.4 is 5.73 Å². The summed E-state index contributed by atoms with van der Waals surface area (Å²) in [4.78, 5) is 14.5. The molecular formula is C16H26N2O2. The highest BCUT2D eigenvalue weighted by atomic mass is 16.5. The third kappa shape index (κ3) is 4.32. The highest BCUT2D eigenvalue weighted by molar-refractivity contribution is 5.83. The number of rotatable bonds is 8. The van der Waals surface area contributed by atoms with Crippen LogP contribution in [0, 0.1) is 0 Å². The molecule has 1 aromatic carbocycles. The van der Waals surface area contributed by atoms with E-state index in [1.165, 1.54) is 0 Å². The van der Waals surface area contributed by atoms with Crippen molar-refractivity contribution in [1.82, 2.24) is 4.90 Å². The van der Waals surface area contributed by atoms with Crippen LogP contribution in [0.5, 0.6) is 0 Å². The Hall–Kier alpha value is -1.39. The highest BCUT2D eigenvalue weighted by Gasteiger charge is 2.26. The second-order valence-corrected chi connectivity index (χ2v) is 4.88. The summed E-state index contributed by atoms with van der Waals surface area (Å²) in [5.41, 5.74) is 6.98. The van der Waals surface area contributed by atoms with Gasteiger partial charge in [-0.25, -0.2) is 0 Å². The van der Waals surface area contributed by atoms with Crippen LogP contribution in [0.15, 0.2) is 30.3 Å². The molecule has 1 atom stereocenters. The second-order valence-electron chi connectivity index (χ2n) is 4.88. The topological polar surface area (TPSA) is 55.6 Å². The summed E-state index contributed by atoms with van der Waals surface area (Å²) in [6.45, 7) is 5.30. The number of ether oxygens (including phenoxy) is 1. The lowest BCUT2D eigenvalue weighted by Crippen LogP contribution is -2.46. The van der Waals surface area contributed by atoms with E-state index in [9.17, 15) is 4.79 Å². The number of hydrogen-bond donors (Lipinski definition) is 1. The highest BCUT2D eigenvalue weighted by Crippen LogP contribution is 2.17. The van der Waals surface area contributed by atoms with Gasteiger partial charge in [-0.2, -0.15) is 0 Å². The van der Waals surface area contributed by atoms with Crippen molar-refractivity contribution in [3.63, 3.8) is 0 Å². The molecule has 0 unspecified atom stereocenters. The molecule has 112 valence electrons. The average molecular weight is 278 g/mol. The number of carbonyl (C=O) groups is 1. The summed E-state index contributed by atoms with van der Waals surface area (Å²) >= 11 is 0. The minimum Gasteiger partial charge on any atom is -0.383 e. The normalized spacial score (nSPS) is 12.4. The molecule has 0 spiro atoms. The molecule has 0 aliphatic heterocycles. The first-order chi connectivity index (χ1) is 9.65. The Balaban J connectivity index is 2.86. The molecule has 0 bridgehead atoms. The molecule has 4 nitrogen and oxygen atoms in total. The van der Waals surface area contributed by atoms with Gasteiger partial charge in [0, 0.05) is 19.7 Å². The van der Waals surface area contributed by atoms with Crippen LogP contribution >= 0.6 is 0 Å². The van der Waals surface area contributed by atoms with E-state index in [-0.39, 0.29) is 11.9 Å². The zero-order chi connectivity index (χ0) is 15.0. The van der Waals surface area contributed by atoms with E-state index < -0.39 is 6.04 Å². The van der Waals surface area contributed by atoms with E-state index in [2.05, 4.69) is 13.8 Å². The van der Waals surface area contributed by atoms with E-state index in [0.717, 1.165) is 18.4 Å². The first-order valence-electron chi connectivity index (χ1n) is 7.25. The molecule has 1 aromatic rings. The van der Waals surface area contributed by atoms with Gasteiger partial charge in [-0.1, -0.05) is 44.2 Å². The van der Waals surface area contributed by atoms with E-state index in [1.54, 1.807) is 7.11 Å². The van der Waals surface area contributed by atoms with Crippen LogP contribution in [0.1, 0.15) is 38.3 Å². The van der Waals surface area contributed by atoms with Gasteiger partial charge in [-0.15, -0.1) is 0 Å². The molecule has 0 radical (unpaired) electrons. The predicted molar refractivity (Wildman–Crippen MR) is 81.3 cm³/mol. The standard InChI is InChI=1S/C16H26N2O2/c1-4-14(5-2)18(11-12-20-3)16(19)15(17)13-9-7-6-8-10-13/h6-10,14-15H,4-5,11-12,17H2,1-3H3/t15-/m0/s1. The molecule has 20 heavy (non-hydrogen) atoms. The van der Waals surface area contributed by atoms with Crippen molar-refractivity contribution >= 4 is 5.91 Å². The SMILES string of the molecule is CCC(CC)N(CCOC)C(=O)[C@@H](N)c1ccccc1. The van der Waals surface area contributed by atoms with Crippen molar-refractivity contribution in [3.05, 3.63) is 35.9 Å². The Morgan fingerprint density at radius 3 is 2.35 bits per heavy atom. The summed E-state index contributed by atoms with van der Waals surface area (Å²) in [6.07, 6.45) is 1.85. The molecule has 2 N–H and O–H groups in total. The maximum Gasteiger partial charge on any atom is 0.244 e. The summed E-state index contributed by atoms with van der Waals surface area (Å²) < 4.78 is 5.11. The molecule has 0 aliphatic carbocycles. The Morgan fingerprint density at radius 1 is 1.25 bits per heavy atom. The van der Waals surface area contributed by atoms with Gasteiger partial charge < -0.3 is 15.4 Å². The van der Waals surface area contributed by atoms with Gasteiger partial charge in [0.05, 0.1) is 6.61 Å². The molecule has 0 heterocycles. The van der Waals surface area contributed by atoms with Gasteiger partial charge in [-0.3, -0.25) is 4.79 Å². The largest absolute Gasteiger partial charge is 0.383 e. The van der Waals surface area contributed by atoms with Crippen molar-refractivity contribution in [2.75, 3.05) is 20.3 Å². The number of nitrogens with zero attached hydrogens (tertiary/aromatic N) is 1. The van der Waals surface area contributed by atoms with Gasteiger partial charge in [0.2, 0.25) is 5.91 Å². The smallest absolute Gasteiger partial charge is 0.244 e. The van der Waals surface area contributed by atoms with Gasteiger partial charge >= 0.3 is 0 Å². The van der Waals surface area contributed by atoms with Crippen LogP contribution in [0.2, 0.25) is 0 Å². The van der Waals surface area contributed by atoms with Crippen LogP contribution in [0.25, 0.3) is 0 Å². The fraction of sp³-hybridized carbons (Fsp3) is 0.562. The molecular weight excluding hydrogens is 252 g/mol. The average Bonchev–Trinajstić information content (AvgIpc) is 2.51. The van der Waals surface area contributed by atoms with Crippen LogP contribution in [0.4, 0.5) is 0 Å². The summed E-state index contributed by atoms with van der Waals surface area (Å²) in [7, 11) is 1.65. The number of carbonyl (C=O) groups excluding carboxylic acids is 1. The maximum absolute atomic E-state index is 12.7. The quantitative estimate of drug-likeness (QED) is 0.794. The van der Waals surface area contributed by atoms with Crippen molar-refractivity contribution in [2.45, 2.75) is 38.8 Å². The van der Waals surface area contributed by atoms with Gasteiger partial charge in [0.25, 0.3) is 0 Å². The summed E-state index contributed by atoms with van der Waals surface area (Å²) in [5.74, 6) is -0.0260. The third-order valence-electron chi connectivity index (χ3n) is 3.63. The Morgan fingerprint density at radius 2 is 1.85 bits per heavy atom. The number of nitrogens with two attached hydrogens (primary N) is 1. The molecule has 0 saturated heterocycles. The van der Waals surface area contributed by atoms with Crippen molar-refractivity contribution in [2.24, 2.45) is 5.73 Å². The van der Waals surface area contributed by atoms with Crippen molar-refractivity contribution in [1.29, 1.82) is 0 Å². The number of amides is 1. The monoisotopic (exact) mass is 278 g/mol. The Bertz CT molecular complexity index is 391. The van der Waals surface area contributed by atoms with Crippen LogP contribution in [-0.2, 0) is 9.53 Å². The van der Waals surface area contributed by atoms with Gasteiger partial charge in [0.15, 0.2) is 0 Å². The number of methoxy groups -OCH3 is 1. The zero-order valence-corrected chi connectivity index (χ0v) is 12.7.